The zero-order chi connectivity index (χ0) is 28.2. The maximum atomic E-state index is 13.9. The number of pyridine rings is 1. The topological polar surface area (TPSA) is 101 Å². The van der Waals surface area contributed by atoms with Crippen molar-refractivity contribution >= 4 is 17.6 Å². The Morgan fingerprint density at radius 1 is 1.23 bits per heavy atom. The number of aliphatic carboxylic acids is 1. The number of unbranched alkanes of at least 4 members (excludes halogenated alkanes) is 1. The highest BCUT2D eigenvalue weighted by Crippen LogP contribution is 2.43. The lowest BCUT2D eigenvalue weighted by atomic mass is 9.83. The van der Waals surface area contributed by atoms with E-state index in [2.05, 4.69) is 16.8 Å². The molecule has 0 bridgehead atoms. The zero-order valence-electron chi connectivity index (χ0n) is 23.4. The first-order chi connectivity index (χ1) is 19.4. The molecule has 2 aliphatic heterocycles. The zero-order valence-corrected chi connectivity index (χ0v) is 23.4. The molecular formula is C30H38N5O5+. The summed E-state index contributed by atoms with van der Waals surface area (Å²) in [5, 5.41) is 10.5. The summed E-state index contributed by atoms with van der Waals surface area (Å²) in [6.07, 6.45) is 10.6. The number of aryl methyl sites for hydroxylation is 3. The normalized spacial score (nSPS) is 20.1. The van der Waals surface area contributed by atoms with Crippen molar-refractivity contribution in [1.29, 1.82) is 0 Å². The van der Waals surface area contributed by atoms with Gasteiger partial charge in [-0.05, 0) is 36.6 Å². The minimum absolute atomic E-state index is 0.0304. The van der Waals surface area contributed by atoms with E-state index in [1.807, 2.05) is 77.1 Å². The lowest BCUT2D eigenvalue weighted by Crippen LogP contribution is -2.45. The van der Waals surface area contributed by atoms with Crippen LogP contribution in [0.3, 0.4) is 0 Å². The Morgan fingerprint density at radius 3 is 2.77 bits per heavy atom. The first kappa shape index (κ1) is 27.6. The Balaban J connectivity index is 1.44. The summed E-state index contributed by atoms with van der Waals surface area (Å²) in [6.45, 7) is 3.47. The van der Waals surface area contributed by atoms with Crippen molar-refractivity contribution in [3.63, 3.8) is 0 Å². The van der Waals surface area contributed by atoms with Gasteiger partial charge in [0.1, 0.15) is 18.6 Å². The minimum Gasteiger partial charge on any atom is -0.481 e. The number of nitrogens with zero attached hydrogens (tertiary/aromatic N) is 5. The summed E-state index contributed by atoms with van der Waals surface area (Å²) >= 11 is 0. The van der Waals surface area contributed by atoms with E-state index in [4.69, 9.17) is 9.47 Å². The quantitative estimate of drug-likeness (QED) is 0.368. The van der Waals surface area contributed by atoms with Crippen LogP contribution in [0.5, 0.6) is 11.5 Å². The number of imidazole rings is 1. The number of carbonyl (C=O) groups excluding carboxylic acids is 1. The van der Waals surface area contributed by atoms with Crippen LogP contribution in [0, 0.1) is 5.92 Å². The minimum atomic E-state index is -0.861. The molecule has 0 unspecified atom stereocenters. The molecule has 0 saturated carbocycles. The standard InChI is InChI=1S/C30H37N5O5/c1-4-5-14-35(22-7-6-13-32(2)17-22)28(36)19-34-18-23(21-8-10-25-26(16-21)40-20-39-25)29(30(37)38)24(34)9-11-27-31-12-15-33(27)3/h6-8,10,12-13,15-17,23-24,29H,4-5,9,11,14,18-20H2,1-3H3/p+1/t23-,24+,29-/m1/s1. The van der Waals surface area contributed by atoms with E-state index in [-0.39, 0.29) is 31.2 Å². The van der Waals surface area contributed by atoms with Gasteiger partial charge < -0.3 is 24.0 Å². The molecule has 0 spiro atoms. The number of benzene rings is 1. The van der Waals surface area contributed by atoms with Crippen LogP contribution in [0.25, 0.3) is 0 Å². The number of carboxylic acid groups (broad SMARTS) is 1. The Morgan fingerprint density at radius 2 is 2.05 bits per heavy atom. The average molecular weight is 549 g/mol. The number of ether oxygens (including phenoxy) is 2. The van der Waals surface area contributed by atoms with Crippen LogP contribution in [-0.2, 0) is 30.1 Å². The number of rotatable bonds is 11. The molecule has 40 heavy (non-hydrogen) atoms. The Hall–Kier alpha value is -3.92. The third-order valence-electron chi connectivity index (χ3n) is 8.05. The Bertz CT molecular complexity index is 1360. The monoisotopic (exact) mass is 548 g/mol. The Kier molecular flexibility index (Phi) is 8.35. The van der Waals surface area contributed by atoms with Gasteiger partial charge in [-0.3, -0.25) is 14.5 Å². The number of anilines is 1. The molecule has 1 fully saturated rings. The SMILES string of the molecule is CCCCN(C(=O)CN1C[C@H](c2ccc3c(c2)OCO3)[C@@H](C(=O)O)[C@@H]1CCc1nccn1C)c1ccc[n+](C)c1. The first-order valence-electron chi connectivity index (χ1n) is 13.9. The van der Waals surface area contributed by atoms with Crippen molar-refractivity contribution in [2.75, 3.05) is 31.3 Å². The van der Waals surface area contributed by atoms with Crippen molar-refractivity contribution in [3.8, 4) is 11.5 Å². The number of aromatic nitrogens is 3. The van der Waals surface area contributed by atoms with Gasteiger partial charge in [0.25, 0.3) is 0 Å². The number of hydrogen-bond donors (Lipinski definition) is 1. The maximum Gasteiger partial charge on any atom is 0.308 e. The van der Waals surface area contributed by atoms with Gasteiger partial charge in [-0.2, -0.15) is 0 Å². The number of amides is 1. The molecule has 2 aromatic heterocycles. The second-order valence-electron chi connectivity index (χ2n) is 10.7. The molecule has 1 aromatic carbocycles. The molecule has 1 amide bonds. The molecule has 1 N–H and O–H groups in total. The second kappa shape index (κ2) is 12.1. The summed E-state index contributed by atoms with van der Waals surface area (Å²) in [7, 11) is 3.88. The van der Waals surface area contributed by atoms with E-state index in [0.29, 0.717) is 37.4 Å². The third-order valence-corrected chi connectivity index (χ3v) is 8.05. The fourth-order valence-electron chi connectivity index (χ4n) is 5.95. The largest absolute Gasteiger partial charge is 0.481 e. The van der Waals surface area contributed by atoms with Crippen LogP contribution in [0.15, 0.2) is 55.1 Å². The van der Waals surface area contributed by atoms with Crippen LogP contribution < -0.4 is 18.9 Å². The summed E-state index contributed by atoms with van der Waals surface area (Å²) in [6, 6.07) is 9.20. The molecule has 4 heterocycles. The summed E-state index contributed by atoms with van der Waals surface area (Å²) < 4.78 is 15.0. The van der Waals surface area contributed by atoms with Crippen LogP contribution in [0.4, 0.5) is 5.69 Å². The predicted molar refractivity (Wildman–Crippen MR) is 148 cm³/mol. The first-order valence-corrected chi connectivity index (χ1v) is 13.9. The summed E-state index contributed by atoms with van der Waals surface area (Å²) in [5.41, 5.74) is 1.72. The highest BCUT2D eigenvalue weighted by Gasteiger charge is 2.47. The number of carboxylic acids is 1. The number of carbonyl (C=O) groups is 2. The highest BCUT2D eigenvalue weighted by molar-refractivity contribution is 5.94. The molecule has 2 aliphatic rings. The van der Waals surface area contributed by atoms with Gasteiger partial charge in [0.2, 0.25) is 12.7 Å². The summed E-state index contributed by atoms with van der Waals surface area (Å²) in [4.78, 5) is 35.1. The van der Waals surface area contributed by atoms with Crippen LogP contribution in [0.2, 0.25) is 0 Å². The Labute approximate surface area is 234 Å². The fourth-order valence-corrected chi connectivity index (χ4v) is 5.95. The van der Waals surface area contributed by atoms with Crippen molar-refractivity contribution in [2.24, 2.45) is 20.0 Å². The van der Waals surface area contributed by atoms with Crippen LogP contribution in [0.1, 0.15) is 43.5 Å². The van der Waals surface area contributed by atoms with Crippen molar-refractivity contribution in [3.05, 3.63) is 66.5 Å². The van der Waals surface area contributed by atoms with E-state index in [9.17, 15) is 14.7 Å². The lowest BCUT2D eigenvalue weighted by molar-refractivity contribution is -0.670. The molecule has 1 saturated heterocycles. The van der Waals surface area contributed by atoms with Crippen LogP contribution in [-0.4, -0.2) is 63.9 Å². The van der Waals surface area contributed by atoms with Crippen LogP contribution >= 0.6 is 0 Å². The van der Waals surface area contributed by atoms with Gasteiger partial charge in [-0.1, -0.05) is 19.4 Å². The lowest BCUT2D eigenvalue weighted by Gasteiger charge is -2.29. The molecular weight excluding hydrogens is 510 g/mol. The second-order valence-corrected chi connectivity index (χ2v) is 10.7. The third kappa shape index (κ3) is 5.82. The van der Waals surface area contributed by atoms with Gasteiger partial charge >= 0.3 is 5.97 Å². The van der Waals surface area contributed by atoms with Crippen molar-refractivity contribution in [2.45, 2.75) is 44.6 Å². The number of hydrogen-bond acceptors (Lipinski definition) is 6. The number of fused-ring (bicyclic) bond motifs is 1. The smallest absolute Gasteiger partial charge is 0.308 e. The summed E-state index contributed by atoms with van der Waals surface area (Å²) in [5.74, 6) is 0.302. The average Bonchev–Trinajstić information content (AvgIpc) is 3.65. The van der Waals surface area contributed by atoms with Gasteiger partial charge in [0, 0.05) is 57.0 Å². The maximum absolute atomic E-state index is 13.9. The molecule has 10 nitrogen and oxygen atoms in total. The van der Waals surface area contributed by atoms with Crippen molar-refractivity contribution < 1.29 is 28.7 Å². The molecule has 212 valence electrons. The highest BCUT2D eigenvalue weighted by atomic mass is 16.7. The van der Waals surface area contributed by atoms with Gasteiger partial charge in [-0.15, -0.1) is 0 Å². The molecule has 3 atom stereocenters. The molecule has 0 radical (unpaired) electrons. The number of likely N-dealkylation sites (tertiary alicyclic amines) is 1. The van der Waals surface area contributed by atoms with E-state index < -0.39 is 11.9 Å². The van der Waals surface area contributed by atoms with Crippen molar-refractivity contribution in [1.82, 2.24) is 14.5 Å². The predicted octanol–water partition coefficient (Wildman–Crippen LogP) is 2.91. The molecule has 0 aliphatic carbocycles. The van der Waals surface area contributed by atoms with Gasteiger partial charge in [0.15, 0.2) is 23.9 Å². The molecule has 10 heteroatoms. The van der Waals surface area contributed by atoms with E-state index in [0.717, 1.165) is 29.9 Å². The fraction of sp³-hybridized carbons (Fsp3) is 0.467. The van der Waals surface area contributed by atoms with E-state index >= 15 is 0 Å². The molecule has 3 aromatic rings. The molecule has 5 rings (SSSR count). The van der Waals surface area contributed by atoms with E-state index in [1.165, 1.54) is 0 Å². The van der Waals surface area contributed by atoms with E-state index in [1.54, 1.807) is 6.20 Å². The van der Waals surface area contributed by atoms with Gasteiger partial charge in [0.05, 0.1) is 12.5 Å². The van der Waals surface area contributed by atoms with Gasteiger partial charge in [-0.25, -0.2) is 9.55 Å².